The second-order valence-corrected chi connectivity index (χ2v) is 3.83. The van der Waals surface area contributed by atoms with E-state index in [1.54, 1.807) is 6.07 Å². The Morgan fingerprint density at radius 2 is 2.12 bits per heavy atom. The summed E-state index contributed by atoms with van der Waals surface area (Å²) in [6, 6.07) is 7.48. The number of anilines is 1. The molecule has 1 aromatic rings. The van der Waals surface area contributed by atoms with Crippen molar-refractivity contribution in [2.45, 2.75) is 20.3 Å². The zero-order valence-electron chi connectivity index (χ0n) is 10.6. The lowest BCUT2D eigenvalue weighted by atomic mass is 10.3. The van der Waals surface area contributed by atoms with E-state index in [2.05, 4.69) is 29.0 Å². The molecule has 92 valence electrons. The van der Waals surface area contributed by atoms with E-state index in [1.165, 1.54) is 0 Å². The van der Waals surface area contributed by atoms with Crippen LogP contribution in [0.25, 0.3) is 0 Å². The van der Waals surface area contributed by atoms with Crippen molar-refractivity contribution in [2.75, 3.05) is 31.5 Å². The van der Waals surface area contributed by atoms with Gasteiger partial charge >= 0.3 is 0 Å². The van der Waals surface area contributed by atoms with Crippen LogP contribution in [0.15, 0.2) is 18.2 Å². The van der Waals surface area contributed by atoms with Gasteiger partial charge in [0.25, 0.3) is 0 Å². The molecule has 1 heterocycles. The van der Waals surface area contributed by atoms with Crippen molar-refractivity contribution >= 4 is 5.82 Å². The topological polar surface area (TPSA) is 52.0 Å². The van der Waals surface area contributed by atoms with Crippen molar-refractivity contribution in [3.63, 3.8) is 0 Å². The van der Waals surface area contributed by atoms with E-state index in [9.17, 15) is 0 Å². The molecule has 0 fully saturated rings. The standard InChI is InChI=1S/C13H20N4/c1-3-17(4-2)10-6-9-15-13-8-5-7-12(11-14)16-13/h5,7-8H,3-4,6,9-10H2,1-2H3,(H,15,16). The van der Waals surface area contributed by atoms with Crippen LogP contribution in [-0.2, 0) is 0 Å². The number of nitriles is 1. The van der Waals surface area contributed by atoms with Crippen LogP contribution in [0.5, 0.6) is 0 Å². The number of nitrogens with one attached hydrogen (secondary N) is 1. The number of pyridine rings is 1. The van der Waals surface area contributed by atoms with Crippen LogP contribution >= 0.6 is 0 Å². The number of hydrogen-bond acceptors (Lipinski definition) is 4. The first-order valence-corrected chi connectivity index (χ1v) is 6.13. The lowest BCUT2D eigenvalue weighted by molar-refractivity contribution is 0.303. The summed E-state index contributed by atoms with van der Waals surface area (Å²) in [5.74, 6) is 0.781. The molecule has 1 aromatic heterocycles. The molecule has 0 aliphatic carbocycles. The minimum absolute atomic E-state index is 0.457. The van der Waals surface area contributed by atoms with Gasteiger partial charge in [0.15, 0.2) is 0 Å². The predicted octanol–water partition coefficient (Wildman–Crippen LogP) is 2.10. The number of nitrogens with zero attached hydrogens (tertiary/aromatic N) is 3. The summed E-state index contributed by atoms with van der Waals surface area (Å²) in [5, 5.41) is 12.0. The van der Waals surface area contributed by atoms with Crippen molar-refractivity contribution in [3.05, 3.63) is 23.9 Å². The molecule has 17 heavy (non-hydrogen) atoms. The summed E-state index contributed by atoms with van der Waals surface area (Å²) in [4.78, 5) is 6.55. The van der Waals surface area contributed by atoms with Gasteiger partial charge in [0.2, 0.25) is 0 Å². The van der Waals surface area contributed by atoms with E-state index in [4.69, 9.17) is 5.26 Å². The Hall–Kier alpha value is -1.60. The Kier molecular flexibility index (Phi) is 6.05. The first-order chi connectivity index (χ1) is 8.30. The van der Waals surface area contributed by atoms with Gasteiger partial charge in [-0.25, -0.2) is 4.98 Å². The van der Waals surface area contributed by atoms with Crippen LogP contribution in [-0.4, -0.2) is 36.1 Å². The minimum Gasteiger partial charge on any atom is -0.370 e. The third-order valence-electron chi connectivity index (χ3n) is 2.72. The smallest absolute Gasteiger partial charge is 0.142 e. The molecule has 4 heteroatoms. The molecule has 0 aliphatic rings. The Bertz CT molecular complexity index is 366. The fourth-order valence-electron chi connectivity index (χ4n) is 1.65. The van der Waals surface area contributed by atoms with Gasteiger partial charge in [-0.15, -0.1) is 0 Å². The first-order valence-electron chi connectivity index (χ1n) is 6.13. The maximum Gasteiger partial charge on any atom is 0.142 e. The Morgan fingerprint density at radius 1 is 1.35 bits per heavy atom. The lowest BCUT2D eigenvalue weighted by Crippen LogP contribution is -2.25. The van der Waals surface area contributed by atoms with E-state index >= 15 is 0 Å². The maximum absolute atomic E-state index is 8.72. The van der Waals surface area contributed by atoms with Crippen LogP contribution in [0.1, 0.15) is 26.0 Å². The third kappa shape index (κ3) is 4.83. The van der Waals surface area contributed by atoms with Crippen LogP contribution in [0.3, 0.4) is 0 Å². The number of hydrogen-bond donors (Lipinski definition) is 1. The normalized spacial score (nSPS) is 10.2. The highest BCUT2D eigenvalue weighted by atomic mass is 15.1. The highest BCUT2D eigenvalue weighted by Gasteiger charge is 1.99. The molecule has 0 atom stereocenters. The molecular formula is C13H20N4. The van der Waals surface area contributed by atoms with Crippen molar-refractivity contribution in [2.24, 2.45) is 0 Å². The zero-order chi connectivity index (χ0) is 12.5. The highest BCUT2D eigenvalue weighted by Crippen LogP contribution is 2.03. The number of rotatable bonds is 7. The van der Waals surface area contributed by atoms with Crippen molar-refractivity contribution in [3.8, 4) is 6.07 Å². The zero-order valence-corrected chi connectivity index (χ0v) is 10.6. The second-order valence-electron chi connectivity index (χ2n) is 3.83. The molecule has 0 aromatic carbocycles. The molecule has 4 nitrogen and oxygen atoms in total. The molecular weight excluding hydrogens is 212 g/mol. The third-order valence-corrected chi connectivity index (χ3v) is 2.72. The molecule has 1 N–H and O–H groups in total. The molecule has 0 bridgehead atoms. The van der Waals surface area contributed by atoms with Gasteiger partial charge in [-0.2, -0.15) is 5.26 Å². The van der Waals surface area contributed by atoms with E-state index in [1.807, 2.05) is 18.2 Å². The lowest BCUT2D eigenvalue weighted by Gasteiger charge is -2.17. The number of aromatic nitrogens is 1. The van der Waals surface area contributed by atoms with E-state index in [0.29, 0.717) is 5.69 Å². The van der Waals surface area contributed by atoms with E-state index < -0.39 is 0 Å². The average molecular weight is 232 g/mol. The molecule has 1 rings (SSSR count). The molecule has 0 unspecified atom stereocenters. The molecule has 0 amide bonds. The van der Waals surface area contributed by atoms with Gasteiger partial charge in [-0.3, -0.25) is 0 Å². The van der Waals surface area contributed by atoms with Crippen LogP contribution in [0.4, 0.5) is 5.82 Å². The van der Waals surface area contributed by atoms with Crippen molar-refractivity contribution < 1.29 is 0 Å². The van der Waals surface area contributed by atoms with Crippen LogP contribution in [0.2, 0.25) is 0 Å². The summed E-state index contributed by atoms with van der Waals surface area (Å²) in [7, 11) is 0. The van der Waals surface area contributed by atoms with Gasteiger partial charge in [-0.1, -0.05) is 19.9 Å². The fourth-order valence-corrected chi connectivity index (χ4v) is 1.65. The summed E-state index contributed by atoms with van der Waals surface area (Å²) in [5.41, 5.74) is 0.457. The van der Waals surface area contributed by atoms with Gasteiger partial charge < -0.3 is 10.2 Å². The molecule has 0 saturated heterocycles. The Balaban J connectivity index is 2.29. The van der Waals surface area contributed by atoms with Crippen molar-refractivity contribution in [1.82, 2.24) is 9.88 Å². The highest BCUT2D eigenvalue weighted by molar-refractivity contribution is 5.38. The predicted molar refractivity (Wildman–Crippen MR) is 69.8 cm³/mol. The van der Waals surface area contributed by atoms with Crippen LogP contribution < -0.4 is 5.32 Å². The van der Waals surface area contributed by atoms with E-state index in [-0.39, 0.29) is 0 Å². The summed E-state index contributed by atoms with van der Waals surface area (Å²) >= 11 is 0. The minimum atomic E-state index is 0.457. The Labute approximate surface area is 103 Å². The van der Waals surface area contributed by atoms with E-state index in [0.717, 1.165) is 38.4 Å². The fraction of sp³-hybridized carbons (Fsp3) is 0.538. The largest absolute Gasteiger partial charge is 0.370 e. The SMILES string of the molecule is CCN(CC)CCCNc1cccc(C#N)n1. The molecule has 0 spiro atoms. The monoisotopic (exact) mass is 232 g/mol. The first kappa shape index (κ1) is 13.5. The quantitative estimate of drug-likeness (QED) is 0.731. The second kappa shape index (κ2) is 7.64. The molecule has 0 radical (unpaired) electrons. The molecule has 0 saturated carbocycles. The summed E-state index contributed by atoms with van der Waals surface area (Å²) in [6.45, 7) is 8.53. The maximum atomic E-state index is 8.72. The summed E-state index contributed by atoms with van der Waals surface area (Å²) in [6.07, 6.45) is 1.08. The van der Waals surface area contributed by atoms with Gasteiger partial charge in [0, 0.05) is 6.54 Å². The van der Waals surface area contributed by atoms with Crippen LogP contribution in [0, 0.1) is 11.3 Å². The van der Waals surface area contributed by atoms with Gasteiger partial charge in [0.1, 0.15) is 17.6 Å². The van der Waals surface area contributed by atoms with Gasteiger partial charge in [-0.05, 0) is 38.2 Å². The average Bonchev–Trinajstić information content (AvgIpc) is 2.39. The van der Waals surface area contributed by atoms with Crippen molar-refractivity contribution in [1.29, 1.82) is 5.26 Å². The Morgan fingerprint density at radius 3 is 2.76 bits per heavy atom. The van der Waals surface area contributed by atoms with Gasteiger partial charge in [0.05, 0.1) is 0 Å². The summed E-state index contributed by atoms with van der Waals surface area (Å²) < 4.78 is 0. The molecule has 0 aliphatic heterocycles.